The predicted molar refractivity (Wildman–Crippen MR) is 121 cm³/mol. The second-order valence-corrected chi connectivity index (χ2v) is 6.97. The van der Waals surface area contributed by atoms with E-state index in [9.17, 15) is 14.7 Å². The van der Waals surface area contributed by atoms with E-state index in [2.05, 4.69) is 5.32 Å². The second-order valence-electron chi connectivity index (χ2n) is 6.97. The molecule has 0 saturated carbocycles. The molecule has 0 aliphatic carbocycles. The highest BCUT2D eigenvalue weighted by atomic mass is 16.3. The van der Waals surface area contributed by atoms with Crippen molar-refractivity contribution < 1.29 is 14.7 Å². The maximum absolute atomic E-state index is 11.6. The minimum Gasteiger partial charge on any atom is -0.507 e. The van der Waals surface area contributed by atoms with Gasteiger partial charge in [0.25, 0.3) is 0 Å². The van der Waals surface area contributed by atoms with E-state index in [1.807, 2.05) is 18.2 Å². The Labute approximate surface area is 180 Å². The molecular formula is C25H23N3O3. The van der Waals surface area contributed by atoms with Crippen LogP contribution in [-0.4, -0.2) is 30.4 Å². The van der Waals surface area contributed by atoms with E-state index >= 15 is 0 Å². The topological polar surface area (TPSA) is 116 Å². The average Bonchev–Trinajstić information content (AvgIpc) is 2.82. The van der Waals surface area contributed by atoms with Crippen molar-refractivity contribution in [2.75, 3.05) is 7.05 Å². The van der Waals surface area contributed by atoms with E-state index < -0.39 is 6.04 Å². The number of aromatic hydroxyl groups is 1. The lowest BCUT2D eigenvalue weighted by atomic mass is 9.88. The predicted octanol–water partition coefficient (Wildman–Crippen LogP) is 3.61. The lowest BCUT2D eigenvalue weighted by molar-refractivity contribution is -0.105. The van der Waals surface area contributed by atoms with Gasteiger partial charge in [0.05, 0.1) is 17.5 Å². The van der Waals surface area contributed by atoms with E-state index in [4.69, 9.17) is 11.1 Å². The molecule has 1 unspecified atom stereocenters. The summed E-state index contributed by atoms with van der Waals surface area (Å²) >= 11 is 0. The van der Waals surface area contributed by atoms with Crippen molar-refractivity contribution >= 4 is 18.3 Å². The highest BCUT2D eigenvalue weighted by Gasteiger charge is 2.24. The number of allylic oxidation sites excluding steroid dienone is 1. The first-order chi connectivity index (χ1) is 15.0. The van der Waals surface area contributed by atoms with Crippen LogP contribution in [0.2, 0.25) is 0 Å². The molecule has 1 atom stereocenters. The number of nitrogens with one attached hydrogen (secondary N) is 2. The molecule has 0 saturated heterocycles. The number of aldehydes is 2. The molecule has 0 bridgehead atoms. The summed E-state index contributed by atoms with van der Waals surface area (Å²) in [5.74, 6) is 0.0497. The van der Waals surface area contributed by atoms with Gasteiger partial charge in [0, 0.05) is 16.7 Å². The fourth-order valence-corrected chi connectivity index (χ4v) is 3.50. The SMILES string of the molecule is CNC(/C(C(=N)c1ccccc1)=C(/N)C=O)c1ccc(O)c(-c2cccc(C=O)c2)c1. The molecule has 0 aliphatic heterocycles. The smallest absolute Gasteiger partial charge is 0.166 e. The molecule has 0 aliphatic rings. The molecule has 6 nitrogen and oxygen atoms in total. The van der Waals surface area contributed by atoms with Crippen LogP contribution in [0.25, 0.3) is 11.1 Å². The summed E-state index contributed by atoms with van der Waals surface area (Å²) in [6.45, 7) is 0. The number of phenolic OH excluding ortho intramolecular Hbond substituents is 1. The maximum atomic E-state index is 11.6. The molecule has 5 N–H and O–H groups in total. The van der Waals surface area contributed by atoms with Crippen LogP contribution < -0.4 is 11.1 Å². The van der Waals surface area contributed by atoms with Gasteiger partial charge in [-0.1, -0.05) is 54.6 Å². The highest BCUT2D eigenvalue weighted by molar-refractivity contribution is 6.13. The van der Waals surface area contributed by atoms with Crippen molar-refractivity contribution in [3.8, 4) is 16.9 Å². The average molecular weight is 413 g/mol. The minimum absolute atomic E-state index is 0.0497. The molecule has 156 valence electrons. The molecule has 0 spiro atoms. The van der Waals surface area contributed by atoms with Gasteiger partial charge >= 0.3 is 0 Å². The van der Waals surface area contributed by atoms with Crippen molar-refractivity contribution in [2.24, 2.45) is 5.73 Å². The Bertz CT molecular complexity index is 1150. The van der Waals surface area contributed by atoms with Gasteiger partial charge in [-0.05, 0) is 41.9 Å². The molecule has 0 amide bonds. The van der Waals surface area contributed by atoms with Crippen LogP contribution in [0.15, 0.2) is 84.1 Å². The summed E-state index contributed by atoms with van der Waals surface area (Å²) < 4.78 is 0. The number of hydrogen-bond donors (Lipinski definition) is 4. The van der Waals surface area contributed by atoms with Gasteiger partial charge in [-0.15, -0.1) is 0 Å². The Morgan fingerprint density at radius 1 is 1.03 bits per heavy atom. The van der Waals surface area contributed by atoms with Crippen LogP contribution >= 0.6 is 0 Å². The Morgan fingerprint density at radius 2 is 1.77 bits per heavy atom. The van der Waals surface area contributed by atoms with Gasteiger partial charge in [0.15, 0.2) is 6.29 Å². The summed E-state index contributed by atoms with van der Waals surface area (Å²) in [6, 6.07) is 20.4. The van der Waals surface area contributed by atoms with Crippen LogP contribution in [-0.2, 0) is 4.79 Å². The summed E-state index contributed by atoms with van der Waals surface area (Å²) in [6.07, 6.45) is 1.28. The number of likely N-dealkylation sites (N-methyl/N-ethyl adjacent to an activating group) is 1. The maximum Gasteiger partial charge on any atom is 0.166 e. The lowest BCUT2D eigenvalue weighted by Crippen LogP contribution is -2.27. The summed E-state index contributed by atoms with van der Waals surface area (Å²) in [5, 5.41) is 22.3. The molecule has 3 aromatic carbocycles. The van der Waals surface area contributed by atoms with Crippen LogP contribution in [0.3, 0.4) is 0 Å². The van der Waals surface area contributed by atoms with Gasteiger partial charge in [0.2, 0.25) is 0 Å². The Morgan fingerprint density at radius 3 is 2.42 bits per heavy atom. The van der Waals surface area contributed by atoms with Gasteiger partial charge in [-0.25, -0.2) is 0 Å². The first-order valence-electron chi connectivity index (χ1n) is 9.65. The van der Waals surface area contributed by atoms with Crippen LogP contribution in [0, 0.1) is 5.41 Å². The first kappa shape index (κ1) is 21.7. The molecule has 3 rings (SSSR count). The third kappa shape index (κ3) is 4.60. The van der Waals surface area contributed by atoms with E-state index in [0.29, 0.717) is 39.7 Å². The lowest BCUT2D eigenvalue weighted by Gasteiger charge is -2.23. The van der Waals surface area contributed by atoms with Crippen molar-refractivity contribution in [2.45, 2.75) is 6.04 Å². The third-order valence-corrected chi connectivity index (χ3v) is 5.03. The molecule has 0 aromatic heterocycles. The van der Waals surface area contributed by atoms with Gasteiger partial charge in [0.1, 0.15) is 12.0 Å². The Kier molecular flexibility index (Phi) is 6.74. The fraction of sp³-hybridized carbons (Fsp3) is 0.0800. The van der Waals surface area contributed by atoms with E-state index in [1.165, 1.54) is 0 Å². The van der Waals surface area contributed by atoms with Crippen molar-refractivity contribution in [3.05, 3.63) is 101 Å². The Hall–Kier alpha value is -4.03. The molecule has 3 aromatic rings. The second kappa shape index (κ2) is 9.65. The molecule has 0 heterocycles. The standard InChI is InChI=1S/C25H23N3O3/c1-28-25(23(21(26)15-30)24(27)17-7-3-2-4-8-17)19-10-11-22(31)20(13-19)18-9-5-6-16(12-18)14-29/h2-15,25,27-28,31H,26H2,1H3/b23-21+,27-24?. The number of hydrogen-bond acceptors (Lipinski definition) is 6. The van der Waals surface area contributed by atoms with Crippen molar-refractivity contribution in [1.29, 1.82) is 5.41 Å². The molecule has 31 heavy (non-hydrogen) atoms. The van der Waals surface area contributed by atoms with Crippen molar-refractivity contribution in [1.82, 2.24) is 5.32 Å². The Balaban J connectivity index is 2.13. The number of nitrogens with two attached hydrogens (primary N) is 1. The number of carbonyl (C=O) groups excluding carboxylic acids is 2. The van der Waals surface area contributed by atoms with E-state index in [0.717, 1.165) is 6.29 Å². The summed E-state index contributed by atoms with van der Waals surface area (Å²) in [4.78, 5) is 22.7. The number of benzene rings is 3. The fourth-order valence-electron chi connectivity index (χ4n) is 3.50. The number of carbonyl (C=O) groups is 2. The monoisotopic (exact) mass is 413 g/mol. The highest BCUT2D eigenvalue weighted by Crippen LogP contribution is 2.34. The third-order valence-electron chi connectivity index (χ3n) is 5.03. The molecule has 0 radical (unpaired) electrons. The number of rotatable bonds is 8. The first-order valence-corrected chi connectivity index (χ1v) is 9.65. The van der Waals surface area contributed by atoms with E-state index in [-0.39, 0.29) is 17.2 Å². The van der Waals surface area contributed by atoms with Gasteiger partial charge < -0.3 is 16.2 Å². The molecule has 0 fully saturated rings. The van der Waals surface area contributed by atoms with Gasteiger partial charge in [-0.3, -0.25) is 15.0 Å². The minimum atomic E-state index is -0.577. The molecular weight excluding hydrogens is 390 g/mol. The zero-order chi connectivity index (χ0) is 22.4. The van der Waals surface area contributed by atoms with Crippen molar-refractivity contribution in [3.63, 3.8) is 0 Å². The zero-order valence-electron chi connectivity index (χ0n) is 17.0. The number of phenols is 1. The van der Waals surface area contributed by atoms with Crippen LogP contribution in [0.4, 0.5) is 0 Å². The molecule has 6 heteroatoms. The summed E-state index contributed by atoms with van der Waals surface area (Å²) in [5.41, 5.74) is 9.45. The largest absolute Gasteiger partial charge is 0.507 e. The summed E-state index contributed by atoms with van der Waals surface area (Å²) in [7, 11) is 1.71. The quantitative estimate of drug-likeness (QED) is 0.256. The van der Waals surface area contributed by atoms with Gasteiger partial charge in [-0.2, -0.15) is 0 Å². The normalized spacial score (nSPS) is 12.5. The van der Waals surface area contributed by atoms with Crippen LogP contribution in [0.5, 0.6) is 5.75 Å². The van der Waals surface area contributed by atoms with E-state index in [1.54, 1.807) is 61.6 Å². The zero-order valence-corrected chi connectivity index (χ0v) is 17.0. The van der Waals surface area contributed by atoms with Crippen LogP contribution in [0.1, 0.15) is 27.5 Å².